The molecule has 0 radical (unpaired) electrons. The van der Waals surface area contributed by atoms with Crippen molar-refractivity contribution in [3.63, 3.8) is 0 Å². The topological polar surface area (TPSA) is 68.4 Å². The van der Waals surface area contributed by atoms with Crippen LogP contribution in [0.15, 0.2) is 30.5 Å². The second-order valence-corrected chi connectivity index (χ2v) is 7.59. The van der Waals surface area contributed by atoms with Crippen LogP contribution in [-0.4, -0.2) is 66.4 Å². The van der Waals surface area contributed by atoms with Gasteiger partial charge in [-0.2, -0.15) is 0 Å². The van der Waals surface area contributed by atoms with Gasteiger partial charge in [0.15, 0.2) is 0 Å². The molecule has 140 valence electrons. The van der Waals surface area contributed by atoms with Crippen LogP contribution in [-0.2, 0) is 16.0 Å². The van der Waals surface area contributed by atoms with E-state index in [2.05, 4.69) is 21.3 Å². The van der Waals surface area contributed by atoms with Crippen LogP contribution in [0.4, 0.5) is 0 Å². The van der Waals surface area contributed by atoms with Crippen molar-refractivity contribution in [2.24, 2.45) is 5.41 Å². The lowest BCUT2D eigenvalue weighted by molar-refractivity contribution is -0.149. The van der Waals surface area contributed by atoms with Gasteiger partial charge in [-0.25, -0.2) is 0 Å². The number of nitrogens with zero attached hydrogens (tertiary/aromatic N) is 2. The van der Waals surface area contributed by atoms with Gasteiger partial charge in [0.1, 0.15) is 5.41 Å². The Kier molecular flexibility index (Phi) is 5.32. The lowest BCUT2D eigenvalue weighted by atomic mass is 9.90. The minimum Gasteiger partial charge on any atom is -0.361 e. The van der Waals surface area contributed by atoms with E-state index in [4.69, 9.17) is 0 Å². The van der Waals surface area contributed by atoms with E-state index < -0.39 is 5.41 Å². The summed E-state index contributed by atoms with van der Waals surface area (Å²) in [5, 5.41) is 4.12. The van der Waals surface area contributed by atoms with Gasteiger partial charge in [-0.05, 0) is 38.9 Å². The molecule has 0 saturated carbocycles. The van der Waals surface area contributed by atoms with Gasteiger partial charge in [0.2, 0.25) is 11.8 Å². The first-order chi connectivity index (χ1) is 12.4. The smallest absolute Gasteiger partial charge is 0.237 e. The number of amides is 2. The number of benzene rings is 1. The van der Waals surface area contributed by atoms with Crippen LogP contribution in [0.5, 0.6) is 0 Å². The molecule has 1 aromatic carbocycles. The fraction of sp³-hybridized carbons (Fsp3) is 0.500. The zero-order valence-corrected chi connectivity index (χ0v) is 15.8. The van der Waals surface area contributed by atoms with E-state index in [1.54, 1.807) is 18.7 Å². The summed E-state index contributed by atoms with van der Waals surface area (Å²) in [6, 6.07) is 8.12. The molecule has 0 atom stereocenters. The highest BCUT2D eigenvalue weighted by molar-refractivity contribution is 6.04. The fourth-order valence-electron chi connectivity index (χ4n) is 3.37. The molecule has 2 amide bonds. The molecule has 2 N–H and O–H groups in total. The fourth-order valence-corrected chi connectivity index (χ4v) is 3.37. The maximum Gasteiger partial charge on any atom is 0.237 e. The Morgan fingerprint density at radius 1 is 1.15 bits per heavy atom. The first kappa shape index (κ1) is 18.5. The summed E-state index contributed by atoms with van der Waals surface area (Å²) in [6.07, 6.45) is 2.71. The summed E-state index contributed by atoms with van der Waals surface area (Å²) < 4.78 is 0. The molecule has 0 bridgehead atoms. The number of para-hydroxylation sites is 1. The van der Waals surface area contributed by atoms with Crippen LogP contribution in [0, 0.1) is 5.41 Å². The van der Waals surface area contributed by atoms with Gasteiger partial charge in [-0.15, -0.1) is 0 Å². The van der Waals surface area contributed by atoms with Crippen LogP contribution >= 0.6 is 0 Å². The quantitative estimate of drug-likeness (QED) is 0.800. The highest BCUT2D eigenvalue weighted by Crippen LogP contribution is 2.21. The molecular weight excluding hydrogens is 328 g/mol. The highest BCUT2D eigenvalue weighted by Gasteiger charge is 2.39. The lowest BCUT2D eigenvalue weighted by Gasteiger charge is -2.36. The molecule has 1 fully saturated rings. The van der Waals surface area contributed by atoms with E-state index in [0.717, 1.165) is 25.0 Å². The van der Waals surface area contributed by atoms with Gasteiger partial charge in [-0.1, -0.05) is 18.2 Å². The Morgan fingerprint density at radius 2 is 1.85 bits per heavy atom. The van der Waals surface area contributed by atoms with Crippen LogP contribution in [0.3, 0.4) is 0 Å². The molecule has 0 aliphatic carbocycles. The Bertz CT molecular complexity index is 788. The molecule has 1 aromatic heterocycles. The molecule has 1 aliphatic heterocycles. The predicted molar refractivity (Wildman–Crippen MR) is 103 cm³/mol. The van der Waals surface area contributed by atoms with Crippen molar-refractivity contribution in [3.8, 4) is 0 Å². The first-order valence-corrected chi connectivity index (χ1v) is 9.21. The SMILES string of the molecule is CN1CCN(C(=O)C(C)(C)C(=O)NCCc2c[nH]c3ccccc23)CC1. The maximum absolute atomic E-state index is 12.8. The van der Waals surface area contributed by atoms with Crippen molar-refractivity contribution in [3.05, 3.63) is 36.0 Å². The highest BCUT2D eigenvalue weighted by atomic mass is 16.2. The number of carbonyl (C=O) groups is 2. The molecule has 1 aliphatic rings. The van der Waals surface area contributed by atoms with Gasteiger partial charge in [0.05, 0.1) is 0 Å². The van der Waals surface area contributed by atoms with Crippen molar-refractivity contribution in [1.29, 1.82) is 0 Å². The van der Waals surface area contributed by atoms with Gasteiger partial charge in [0.25, 0.3) is 0 Å². The second-order valence-electron chi connectivity index (χ2n) is 7.59. The average Bonchev–Trinajstić information content (AvgIpc) is 3.05. The van der Waals surface area contributed by atoms with Crippen LogP contribution < -0.4 is 5.32 Å². The molecule has 6 nitrogen and oxygen atoms in total. The standard InChI is InChI=1S/C20H28N4O2/c1-20(2,19(26)24-12-10-23(3)11-13-24)18(25)21-9-8-15-14-22-17-7-5-4-6-16(15)17/h4-7,14,22H,8-13H2,1-3H3,(H,21,25). The largest absolute Gasteiger partial charge is 0.361 e. The Labute approximate surface area is 154 Å². The van der Waals surface area contributed by atoms with Crippen molar-refractivity contribution < 1.29 is 9.59 Å². The number of rotatable bonds is 5. The van der Waals surface area contributed by atoms with Crippen LogP contribution in [0.2, 0.25) is 0 Å². The van der Waals surface area contributed by atoms with Crippen molar-refractivity contribution in [2.75, 3.05) is 39.8 Å². The molecule has 2 heterocycles. The summed E-state index contributed by atoms with van der Waals surface area (Å²) in [6.45, 7) is 7.01. The number of hydrogen-bond acceptors (Lipinski definition) is 3. The summed E-state index contributed by atoms with van der Waals surface area (Å²) in [5.41, 5.74) is 1.22. The van der Waals surface area contributed by atoms with E-state index in [9.17, 15) is 9.59 Å². The third kappa shape index (κ3) is 3.75. The van der Waals surface area contributed by atoms with Gasteiger partial charge >= 0.3 is 0 Å². The normalized spacial score (nSPS) is 16.0. The minimum absolute atomic E-state index is 0.0878. The van der Waals surface area contributed by atoms with E-state index in [1.807, 2.05) is 31.4 Å². The number of carbonyl (C=O) groups excluding carboxylic acids is 2. The van der Waals surface area contributed by atoms with Crippen molar-refractivity contribution >= 4 is 22.7 Å². The van der Waals surface area contributed by atoms with Gasteiger partial charge in [0, 0.05) is 49.8 Å². The number of hydrogen-bond donors (Lipinski definition) is 2. The van der Waals surface area contributed by atoms with Crippen molar-refractivity contribution in [2.45, 2.75) is 20.3 Å². The molecule has 3 rings (SSSR count). The molecule has 0 spiro atoms. The monoisotopic (exact) mass is 356 g/mol. The number of aromatic nitrogens is 1. The number of piperazine rings is 1. The van der Waals surface area contributed by atoms with E-state index in [-0.39, 0.29) is 11.8 Å². The summed E-state index contributed by atoms with van der Waals surface area (Å²) >= 11 is 0. The average molecular weight is 356 g/mol. The van der Waals surface area contributed by atoms with E-state index >= 15 is 0 Å². The van der Waals surface area contributed by atoms with E-state index in [1.165, 1.54) is 10.9 Å². The van der Waals surface area contributed by atoms with Gasteiger partial charge in [-0.3, -0.25) is 9.59 Å². The zero-order chi connectivity index (χ0) is 18.7. The maximum atomic E-state index is 12.8. The second kappa shape index (κ2) is 7.50. The Hall–Kier alpha value is -2.34. The summed E-state index contributed by atoms with van der Waals surface area (Å²) in [5.74, 6) is -0.295. The predicted octanol–water partition coefficient (Wildman–Crippen LogP) is 1.63. The summed E-state index contributed by atoms with van der Waals surface area (Å²) in [7, 11) is 2.05. The molecule has 1 saturated heterocycles. The molecular formula is C20H28N4O2. The third-order valence-electron chi connectivity index (χ3n) is 5.25. The van der Waals surface area contributed by atoms with Gasteiger partial charge < -0.3 is 20.1 Å². The number of nitrogens with one attached hydrogen (secondary N) is 2. The third-order valence-corrected chi connectivity index (χ3v) is 5.25. The zero-order valence-electron chi connectivity index (χ0n) is 15.8. The lowest BCUT2D eigenvalue weighted by Crippen LogP contribution is -2.55. The minimum atomic E-state index is -1.05. The Morgan fingerprint density at radius 3 is 2.58 bits per heavy atom. The van der Waals surface area contributed by atoms with E-state index in [0.29, 0.717) is 19.6 Å². The summed E-state index contributed by atoms with van der Waals surface area (Å²) in [4.78, 5) is 32.6. The number of likely N-dealkylation sites (N-methyl/N-ethyl adjacent to an activating group) is 1. The molecule has 2 aromatic rings. The number of aromatic amines is 1. The molecule has 6 heteroatoms. The Balaban J connectivity index is 1.55. The molecule has 0 unspecified atom stereocenters. The van der Waals surface area contributed by atoms with Crippen molar-refractivity contribution in [1.82, 2.24) is 20.1 Å². The first-order valence-electron chi connectivity index (χ1n) is 9.21. The van der Waals surface area contributed by atoms with Crippen LogP contribution in [0.1, 0.15) is 19.4 Å². The number of H-pyrrole nitrogens is 1. The number of fused-ring (bicyclic) bond motifs is 1. The van der Waals surface area contributed by atoms with Crippen LogP contribution in [0.25, 0.3) is 10.9 Å². The molecule has 26 heavy (non-hydrogen) atoms.